The second-order valence-electron chi connectivity index (χ2n) is 9.03. The molecule has 0 amide bonds. The van der Waals surface area contributed by atoms with Crippen LogP contribution in [0, 0.1) is 12.8 Å². The van der Waals surface area contributed by atoms with Crippen LogP contribution in [0.25, 0.3) is 0 Å². The van der Waals surface area contributed by atoms with Crippen LogP contribution >= 0.6 is 0 Å². The van der Waals surface area contributed by atoms with Crippen LogP contribution in [0.2, 0.25) is 0 Å². The minimum absolute atomic E-state index is 0.0577. The number of aryl methyl sites for hydroxylation is 1. The van der Waals surface area contributed by atoms with E-state index in [1.165, 1.54) is 30.4 Å². The van der Waals surface area contributed by atoms with Gasteiger partial charge in [0.2, 0.25) is 0 Å². The predicted molar refractivity (Wildman–Crippen MR) is 126 cm³/mol. The molecular formula is C25H41N3O3. The number of rotatable bonds is 8. The van der Waals surface area contributed by atoms with Crippen molar-refractivity contribution in [2.24, 2.45) is 10.9 Å². The Hall–Kier alpha value is -1.79. The maximum Gasteiger partial charge on any atom is 0.193 e. The molecule has 6 heteroatoms. The van der Waals surface area contributed by atoms with Crippen molar-refractivity contribution in [1.29, 1.82) is 0 Å². The van der Waals surface area contributed by atoms with E-state index in [0.717, 1.165) is 76.5 Å². The van der Waals surface area contributed by atoms with Crippen molar-refractivity contribution in [1.82, 2.24) is 10.2 Å². The Morgan fingerprint density at radius 3 is 2.58 bits per heavy atom. The Labute approximate surface area is 188 Å². The SMILES string of the molecule is CCNC(=NCC1(c2cc(C)ccc2OC)CCOCC1)N(C)CCC1CCOCC1. The first-order valence-electron chi connectivity index (χ1n) is 11.9. The Kier molecular flexibility index (Phi) is 9.02. The third-order valence-corrected chi connectivity index (χ3v) is 6.82. The first kappa shape index (κ1) is 23.9. The van der Waals surface area contributed by atoms with Crippen LogP contribution < -0.4 is 10.1 Å². The fraction of sp³-hybridized carbons (Fsp3) is 0.720. The van der Waals surface area contributed by atoms with E-state index in [-0.39, 0.29) is 5.41 Å². The molecule has 3 rings (SSSR count). The average molecular weight is 432 g/mol. The van der Waals surface area contributed by atoms with Gasteiger partial charge in [-0.1, -0.05) is 17.7 Å². The summed E-state index contributed by atoms with van der Waals surface area (Å²) in [7, 11) is 3.92. The smallest absolute Gasteiger partial charge is 0.193 e. The second kappa shape index (κ2) is 11.7. The van der Waals surface area contributed by atoms with Crippen LogP contribution in [0.1, 0.15) is 50.2 Å². The van der Waals surface area contributed by atoms with Crippen molar-refractivity contribution in [2.45, 2.75) is 51.4 Å². The molecule has 0 saturated carbocycles. The number of hydrogen-bond donors (Lipinski definition) is 1. The summed E-state index contributed by atoms with van der Waals surface area (Å²) < 4.78 is 17.0. The molecule has 6 nitrogen and oxygen atoms in total. The Bertz CT molecular complexity index is 710. The molecule has 174 valence electrons. The van der Waals surface area contributed by atoms with Crippen LogP contribution in [0.3, 0.4) is 0 Å². The molecule has 2 saturated heterocycles. The summed E-state index contributed by atoms with van der Waals surface area (Å²) in [6.45, 7) is 10.2. The van der Waals surface area contributed by atoms with E-state index in [0.29, 0.717) is 0 Å². The molecule has 2 fully saturated rings. The maximum atomic E-state index is 5.76. The lowest BCUT2D eigenvalue weighted by molar-refractivity contribution is 0.0521. The second-order valence-corrected chi connectivity index (χ2v) is 9.03. The van der Waals surface area contributed by atoms with Crippen molar-refractivity contribution in [3.8, 4) is 5.75 Å². The molecule has 2 aliphatic heterocycles. The van der Waals surface area contributed by atoms with Gasteiger partial charge in [-0.05, 0) is 57.9 Å². The Morgan fingerprint density at radius 2 is 1.90 bits per heavy atom. The van der Waals surface area contributed by atoms with E-state index in [4.69, 9.17) is 19.2 Å². The molecule has 0 radical (unpaired) electrons. The Morgan fingerprint density at radius 1 is 1.19 bits per heavy atom. The first-order chi connectivity index (χ1) is 15.1. The highest BCUT2D eigenvalue weighted by molar-refractivity contribution is 5.79. The van der Waals surface area contributed by atoms with Crippen LogP contribution in [0.5, 0.6) is 5.75 Å². The van der Waals surface area contributed by atoms with Gasteiger partial charge in [-0.2, -0.15) is 0 Å². The lowest BCUT2D eigenvalue weighted by Gasteiger charge is -2.38. The summed E-state index contributed by atoms with van der Waals surface area (Å²) in [5, 5.41) is 3.51. The average Bonchev–Trinajstić information content (AvgIpc) is 2.81. The summed E-state index contributed by atoms with van der Waals surface area (Å²) in [6.07, 6.45) is 5.47. The van der Waals surface area contributed by atoms with Crippen LogP contribution in [0.4, 0.5) is 0 Å². The number of nitrogens with one attached hydrogen (secondary N) is 1. The van der Waals surface area contributed by atoms with Crippen molar-refractivity contribution >= 4 is 5.96 Å². The topological polar surface area (TPSA) is 55.3 Å². The van der Waals surface area contributed by atoms with E-state index in [1.54, 1.807) is 7.11 Å². The zero-order valence-electron chi connectivity index (χ0n) is 19.9. The zero-order chi connectivity index (χ0) is 22.1. The van der Waals surface area contributed by atoms with Gasteiger partial charge in [0.25, 0.3) is 0 Å². The molecule has 0 aliphatic carbocycles. The minimum Gasteiger partial charge on any atom is -0.496 e. The normalized spacial score (nSPS) is 19.8. The highest BCUT2D eigenvalue weighted by Crippen LogP contribution is 2.40. The molecule has 1 N–H and O–H groups in total. The molecule has 0 unspecified atom stereocenters. The third-order valence-electron chi connectivity index (χ3n) is 6.82. The number of methoxy groups -OCH3 is 1. The van der Waals surface area contributed by atoms with Gasteiger partial charge < -0.3 is 24.4 Å². The van der Waals surface area contributed by atoms with Gasteiger partial charge >= 0.3 is 0 Å². The highest BCUT2D eigenvalue weighted by Gasteiger charge is 2.37. The van der Waals surface area contributed by atoms with Gasteiger partial charge in [0.05, 0.1) is 13.7 Å². The number of benzene rings is 1. The van der Waals surface area contributed by atoms with Gasteiger partial charge in [-0.3, -0.25) is 4.99 Å². The number of ether oxygens (including phenoxy) is 3. The fourth-order valence-corrected chi connectivity index (χ4v) is 4.72. The molecule has 0 atom stereocenters. The Balaban J connectivity index is 1.77. The van der Waals surface area contributed by atoms with Crippen molar-refractivity contribution in [2.75, 3.05) is 60.2 Å². The van der Waals surface area contributed by atoms with E-state index in [1.807, 2.05) is 0 Å². The number of nitrogens with zero attached hydrogens (tertiary/aromatic N) is 2. The zero-order valence-corrected chi connectivity index (χ0v) is 19.9. The maximum absolute atomic E-state index is 5.76. The summed E-state index contributed by atoms with van der Waals surface area (Å²) in [5.74, 6) is 2.71. The molecule has 2 heterocycles. The highest BCUT2D eigenvalue weighted by atomic mass is 16.5. The molecule has 0 spiro atoms. The van der Waals surface area contributed by atoms with Gasteiger partial charge in [0.1, 0.15) is 5.75 Å². The van der Waals surface area contributed by atoms with Gasteiger partial charge in [-0.15, -0.1) is 0 Å². The largest absolute Gasteiger partial charge is 0.496 e. The van der Waals surface area contributed by atoms with Crippen LogP contribution in [0.15, 0.2) is 23.2 Å². The lowest BCUT2D eigenvalue weighted by Crippen LogP contribution is -2.42. The lowest BCUT2D eigenvalue weighted by atomic mass is 9.73. The quantitative estimate of drug-likeness (QED) is 0.502. The van der Waals surface area contributed by atoms with Gasteiger partial charge in [0.15, 0.2) is 5.96 Å². The predicted octanol–water partition coefficient (Wildman–Crippen LogP) is 3.77. The molecule has 2 aliphatic rings. The van der Waals surface area contributed by atoms with Crippen LogP contribution in [-0.4, -0.2) is 71.1 Å². The minimum atomic E-state index is -0.0577. The summed E-state index contributed by atoms with van der Waals surface area (Å²) in [5.41, 5.74) is 2.46. The summed E-state index contributed by atoms with van der Waals surface area (Å²) in [4.78, 5) is 7.44. The van der Waals surface area contributed by atoms with E-state index in [2.05, 4.69) is 49.3 Å². The van der Waals surface area contributed by atoms with E-state index >= 15 is 0 Å². The summed E-state index contributed by atoms with van der Waals surface area (Å²) in [6, 6.07) is 6.49. The summed E-state index contributed by atoms with van der Waals surface area (Å²) >= 11 is 0. The molecule has 1 aromatic carbocycles. The molecule has 0 bridgehead atoms. The standard InChI is InChI=1S/C25H41N3O3/c1-5-26-24(28(3)13-8-21-9-14-30-15-10-21)27-19-25(11-16-31-17-12-25)22-18-20(2)6-7-23(22)29-4/h6-7,18,21H,5,8-17,19H2,1-4H3,(H,26,27). The molecule has 31 heavy (non-hydrogen) atoms. The molecular weight excluding hydrogens is 390 g/mol. The number of aliphatic imine (C=N–C) groups is 1. The van der Waals surface area contributed by atoms with Gasteiger partial charge in [-0.25, -0.2) is 0 Å². The first-order valence-corrected chi connectivity index (χ1v) is 11.9. The van der Waals surface area contributed by atoms with Crippen molar-refractivity contribution < 1.29 is 14.2 Å². The van der Waals surface area contributed by atoms with Crippen LogP contribution in [-0.2, 0) is 14.9 Å². The third kappa shape index (κ3) is 6.36. The van der Waals surface area contributed by atoms with Crippen molar-refractivity contribution in [3.63, 3.8) is 0 Å². The number of guanidine groups is 1. The fourth-order valence-electron chi connectivity index (χ4n) is 4.72. The van der Waals surface area contributed by atoms with E-state index < -0.39 is 0 Å². The molecule has 1 aromatic rings. The van der Waals surface area contributed by atoms with Gasteiger partial charge in [0, 0.05) is 57.5 Å². The number of hydrogen-bond acceptors (Lipinski definition) is 4. The van der Waals surface area contributed by atoms with E-state index in [9.17, 15) is 0 Å². The molecule has 0 aromatic heterocycles. The van der Waals surface area contributed by atoms with Crippen molar-refractivity contribution in [3.05, 3.63) is 29.3 Å². The monoisotopic (exact) mass is 431 g/mol.